The summed E-state index contributed by atoms with van der Waals surface area (Å²) < 4.78 is 0. The highest BCUT2D eigenvalue weighted by Gasteiger charge is 2.04. The van der Waals surface area contributed by atoms with Crippen molar-refractivity contribution in [3.63, 3.8) is 0 Å². The van der Waals surface area contributed by atoms with Crippen molar-refractivity contribution in [1.82, 2.24) is 0 Å². The van der Waals surface area contributed by atoms with Crippen LogP contribution in [0.1, 0.15) is 18.1 Å². The van der Waals surface area contributed by atoms with Gasteiger partial charge in [0.05, 0.1) is 0 Å². The van der Waals surface area contributed by atoms with E-state index in [1.54, 1.807) is 0 Å². The van der Waals surface area contributed by atoms with Crippen molar-refractivity contribution in [2.45, 2.75) is 19.9 Å². The molecule has 13 heavy (non-hydrogen) atoms. The Balaban J connectivity index is 2.74. The van der Waals surface area contributed by atoms with E-state index in [4.69, 9.17) is 10.8 Å². The number of aliphatic hydroxyl groups excluding tert-OH is 1. The first-order chi connectivity index (χ1) is 6.27. The second-order valence-corrected chi connectivity index (χ2v) is 3.46. The van der Waals surface area contributed by atoms with Crippen LogP contribution >= 0.6 is 0 Å². The van der Waals surface area contributed by atoms with E-state index in [9.17, 15) is 0 Å². The van der Waals surface area contributed by atoms with E-state index in [1.807, 2.05) is 25.1 Å². The average Bonchev–Trinajstić information content (AvgIpc) is 2.18. The van der Waals surface area contributed by atoms with Gasteiger partial charge in [0, 0.05) is 13.2 Å². The van der Waals surface area contributed by atoms with Gasteiger partial charge in [-0.05, 0) is 23.5 Å². The molecule has 0 radical (unpaired) electrons. The van der Waals surface area contributed by atoms with Gasteiger partial charge in [0.1, 0.15) is 0 Å². The Kier molecular flexibility index (Phi) is 3.93. The minimum absolute atomic E-state index is 0.235. The predicted molar refractivity (Wildman–Crippen MR) is 54.3 cm³/mol. The Labute approximate surface area is 79.4 Å². The fourth-order valence-electron chi connectivity index (χ4n) is 1.40. The molecule has 72 valence electrons. The van der Waals surface area contributed by atoms with Gasteiger partial charge in [-0.15, -0.1) is 0 Å². The zero-order valence-electron chi connectivity index (χ0n) is 8.03. The SMILES string of the molecule is CC(CO)Cc1ccccc1CN. The third kappa shape index (κ3) is 2.83. The van der Waals surface area contributed by atoms with Crippen molar-refractivity contribution >= 4 is 0 Å². The minimum Gasteiger partial charge on any atom is -0.396 e. The Morgan fingerprint density at radius 1 is 1.31 bits per heavy atom. The van der Waals surface area contributed by atoms with E-state index in [1.165, 1.54) is 11.1 Å². The van der Waals surface area contributed by atoms with Crippen LogP contribution < -0.4 is 5.73 Å². The number of hydrogen-bond donors (Lipinski definition) is 2. The first-order valence-corrected chi connectivity index (χ1v) is 4.65. The lowest BCUT2D eigenvalue weighted by Crippen LogP contribution is -2.08. The van der Waals surface area contributed by atoms with Gasteiger partial charge < -0.3 is 10.8 Å². The Morgan fingerprint density at radius 3 is 2.46 bits per heavy atom. The Morgan fingerprint density at radius 2 is 1.92 bits per heavy atom. The van der Waals surface area contributed by atoms with E-state index in [-0.39, 0.29) is 6.61 Å². The molecule has 3 N–H and O–H groups in total. The summed E-state index contributed by atoms with van der Waals surface area (Å²) in [6, 6.07) is 8.13. The number of aliphatic hydroxyl groups is 1. The molecule has 1 unspecified atom stereocenters. The molecule has 0 aromatic heterocycles. The fourth-order valence-corrected chi connectivity index (χ4v) is 1.40. The summed E-state index contributed by atoms with van der Waals surface area (Å²) in [6.07, 6.45) is 0.907. The van der Waals surface area contributed by atoms with Crippen LogP contribution in [0.15, 0.2) is 24.3 Å². The summed E-state index contributed by atoms with van der Waals surface area (Å²) >= 11 is 0. The van der Waals surface area contributed by atoms with Gasteiger partial charge in [0.25, 0.3) is 0 Å². The van der Waals surface area contributed by atoms with Gasteiger partial charge in [0.2, 0.25) is 0 Å². The molecule has 0 aliphatic rings. The highest BCUT2D eigenvalue weighted by atomic mass is 16.3. The largest absolute Gasteiger partial charge is 0.396 e. The van der Waals surface area contributed by atoms with Gasteiger partial charge >= 0.3 is 0 Å². The second-order valence-electron chi connectivity index (χ2n) is 3.46. The van der Waals surface area contributed by atoms with Crippen molar-refractivity contribution in [2.24, 2.45) is 11.7 Å². The predicted octanol–water partition coefficient (Wildman–Crippen LogP) is 1.32. The maximum atomic E-state index is 8.93. The summed E-state index contributed by atoms with van der Waals surface area (Å²) in [6.45, 7) is 2.85. The number of hydrogen-bond acceptors (Lipinski definition) is 2. The molecule has 1 atom stereocenters. The van der Waals surface area contributed by atoms with Crippen LogP contribution in [0.4, 0.5) is 0 Å². The monoisotopic (exact) mass is 179 g/mol. The highest BCUT2D eigenvalue weighted by molar-refractivity contribution is 5.27. The topological polar surface area (TPSA) is 46.2 Å². The first-order valence-electron chi connectivity index (χ1n) is 4.65. The van der Waals surface area contributed by atoms with Crippen LogP contribution in [0.25, 0.3) is 0 Å². The van der Waals surface area contributed by atoms with Crippen molar-refractivity contribution < 1.29 is 5.11 Å². The smallest absolute Gasteiger partial charge is 0.0459 e. The van der Waals surface area contributed by atoms with Crippen LogP contribution in [-0.4, -0.2) is 11.7 Å². The van der Waals surface area contributed by atoms with Crippen molar-refractivity contribution in [3.8, 4) is 0 Å². The highest BCUT2D eigenvalue weighted by Crippen LogP contribution is 2.12. The average molecular weight is 179 g/mol. The van der Waals surface area contributed by atoms with Gasteiger partial charge in [-0.25, -0.2) is 0 Å². The number of nitrogens with two attached hydrogens (primary N) is 1. The minimum atomic E-state index is 0.235. The molecule has 1 aromatic carbocycles. The number of benzene rings is 1. The van der Waals surface area contributed by atoms with Gasteiger partial charge in [-0.3, -0.25) is 0 Å². The molecule has 1 aromatic rings. The van der Waals surface area contributed by atoms with E-state index < -0.39 is 0 Å². The molecule has 0 spiro atoms. The lowest BCUT2D eigenvalue weighted by atomic mass is 9.97. The van der Waals surface area contributed by atoms with Crippen LogP contribution in [0.2, 0.25) is 0 Å². The third-order valence-electron chi connectivity index (χ3n) is 2.22. The molecule has 0 saturated carbocycles. The van der Waals surface area contributed by atoms with Crippen molar-refractivity contribution in [3.05, 3.63) is 35.4 Å². The zero-order chi connectivity index (χ0) is 9.68. The molecule has 2 heteroatoms. The summed E-state index contributed by atoms with van der Waals surface area (Å²) in [5.41, 5.74) is 8.04. The molecule has 0 aliphatic carbocycles. The van der Waals surface area contributed by atoms with Gasteiger partial charge in [-0.1, -0.05) is 31.2 Å². The van der Waals surface area contributed by atoms with Gasteiger partial charge in [-0.2, -0.15) is 0 Å². The Hall–Kier alpha value is -0.860. The molecule has 2 nitrogen and oxygen atoms in total. The van der Waals surface area contributed by atoms with Crippen LogP contribution in [0.5, 0.6) is 0 Å². The molecular weight excluding hydrogens is 162 g/mol. The van der Waals surface area contributed by atoms with E-state index >= 15 is 0 Å². The van der Waals surface area contributed by atoms with Crippen LogP contribution in [0, 0.1) is 5.92 Å². The molecule has 0 fully saturated rings. The number of rotatable bonds is 4. The Bertz CT molecular complexity index is 260. The molecule has 0 aliphatic heterocycles. The molecule has 0 saturated heterocycles. The van der Waals surface area contributed by atoms with Crippen molar-refractivity contribution in [1.29, 1.82) is 0 Å². The van der Waals surface area contributed by atoms with E-state index in [2.05, 4.69) is 6.07 Å². The van der Waals surface area contributed by atoms with E-state index in [0.29, 0.717) is 12.5 Å². The lowest BCUT2D eigenvalue weighted by molar-refractivity contribution is 0.237. The molecular formula is C11H17NO. The second kappa shape index (κ2) is 5.00. The summed E-state index contributed by atoms with van der Waals surface area (Å²) in [5.74, 6) is 0.313. The van der Waals surface area contributed by atoms with Gasteiger partial charge in [0.15, 0.2) is 0 Å². The molecule has 0 amide bonds. The lowest BCUT2D eigenvalue weighted by Gasteiger charge is -2.11. The fraction of sp³-hybridized carbons (Fsp3) is 0.455. The standard InChI is InChI=1S/C11H17NO/c1-9(8-13)6-10-4-2-3-5-11(10)7-12/h2-5,9,13H,6-8,12H2,1H3. The zero-order valence-corrected chi connectivity index (χ0v) is 8.03. The summed E-state index contributed by atoms with van der Waals surface area (Å²) in [7, 11) is 0. The normalized spacial score (nSPS) is 12.8. The third-order valence-corrected chi connectivity index (χ3v) is 2.22. The van der Waals surface area contributed by atoms with E-state index in [0.717, 1.165) is 6.42 Å². The van der Waals surface area contributed by atoms with Crippen LogP contribution in [0.3, 0.4) is 0 Å². The maximum absolute atomic E-state index is 8.93. The molecule has 1 rings (SSSR count). The summed E-state index contributed by atoms with van der Waals surface area (Å²) in [5, 5.41) is 8.93. The van der Waals surface area contributed by atoms with Crippen molar-refractivity contribution in [2.75, 3.05) is 6.61 Å². The quantitative estimate of drug-likeness (QED) is 0.732. The van der Waals surface area contributed by atoms with Crippen LogP contribution in [-0.2, 0) is 13.0 Å². The summed E-state index contributed by atoms with van der Waals surface area (Å²) in [4.78, 5) is 0. The first kappa shape index (κ1) is 10.2. The molecule has 0 heterocycles. The molecule has 0 bridgehead atoms. The maximum Gasteiger partial charge on any atom is 0.0459 e.